The summed E-state index contributed by atoms with van der Waals surface area (Å²) in [4.78, 5) is 12.8. The molecule has 344 valence electrons. The molecule has 1 heterocycles. The molecule has 0 aliphatic carbocycles. The minimum absolute atomic E-state index is 0.123. The molecule has 6 atom stereocenters. The summed E-state index contributed by atoms with van der Waals surface area (Å²) >= 11 is 0. The van der Waals surface area contributed by atoms with Gasteiger partial charge < -0.3 is 39.4 Å². The minimum Gasteiger partial charge on any atom is -0.457 e. The summed E-state index contributed by atoms with van der Waals surface area (Å²) in [7, 11) is 0. The Morgan fingerprint density at radius 2 is 1.03 bits per heavy atom. The lowest BCUT2D eigenvalue weighted by molar-refractivity contribution is -0.305. The number of carbonyl (C=O) groups excluding carboxylic acids is 1. The molecule has 0 aromatic heterocycles. The number of rotatable bonds is 41. The molecule has 6 unspecified atom stereocenters. The summed E-state index contributed by atoms with van der Waals surface area (Å²) in [5.74, 6) is -0.335. The zero-order valence-electron chi connectivity index (χ0n) is 37.7. The standard InChI is InChI=1S/C50H90O9/c1-3-5-7-9-11-13-15-17-19-21-22-24-26-28-30-32-34-36-38-40-56-42-44(43-57-50-49(55)48(54)47(53)45(41-51)59-50)58-46(52)39-37-35-33-31-29-27-25-23-20-18-16-14-12-10-8-6-4-2/h6,8,12,14,18,20,25,27,44-45,47-51,53-55H,3-5,7,9-11,13,15-17,19,21-24,26,28-43H2,1-2H3/b8-6-,14-12-,20-18-,27-25-. The van der Waals surface area contributed by atoms with E-state index in [1.165, 1.54) is 109 Å². The average Bonchev–Trinajstić information content (AvgIpc) is 3.24. The van der Waals surface area contributed by atoms with Crippen molar-refractivity contribution in [3.8, 4) is 0 Å². The molecule has 4 N–H and O–H groups in total. The molecule has 59 heavy (non-hydrogen) atoms. The van der Waals surface area contributed by atoms with Gasteiger partial charge in [-0.25, -0.2) is 0 Å². The maximum Gasteiger partial charge on any atom is 0.306 e. The summed E-state index contributed by atoms with van der Waals surface area (Å²) in [5, 5.41) is 40.2. The summed E-state index contributed by atoms with van der Waals surface area (Å²) in [6.07, 6.45) is 44.3. The first-order valence-electron chi connectivity index (χ1n) is 24.2. The Kier molecular flexibility index (Phi) is 38.8. The van der Waals surface area contributed by atoms with Gasteiger partial charge in [0.2, 0.25) is 0 Å². The Balaban J connectivity index is 2.24. The average molecular weight is 835 g/mol. The smallest absolute Gasteiger partial charge is 0.306 e. The molecular formula is C50H90O9. The maximum atomic E-state index is 12.8. The fourth-order valence-corrected chi connectivity index (χ4v) is 7.25. The van der Waals surface area contributed by atoms with Crippen molar-refractivity contribution >= 4 is 5.97 Å². The van der Waals surface area contributed by atoms with E-state index in [-0.39, 0.29) is 19.2 Å². The van der Waals surface area contributed by atoms with Crippen LogP contribution in [0.15, 0.2) is 48.6 Å². The molecule has 0 radical (unpaired) electrons. The largest absolute Gasteiger partial charge is 0.457 e. The van der Waals surface area contributed by atoms with E-state index in [0.717, 1.165) is 70.6 Å². The third-order valence-electron chi connectivity index (χ3n) is 11.0. The van der Waals surface area contributed by atoms with Gasteiger partial charge in [0.05, 0.1) is 19.8 Å². The maximum absolute atomic E-state index is 12.8. The number of ether oxygens (including phenoxy) is 4. The van der Waals surface area contributed by atoms with Crippen LogP contribution in [0, 0.1) is 0 Å². The van der Waals surface area contributed by atoms with Gasteiger partial charge >= 0.3 is 5.97 Å². The molecule has 0 bridgehead atoms. The molecule has 1 saturated heterocycles. The van der Waals surface area contributed by atoms with E-state index in [4.69, 9.17) is 18.9 Å². The zero-order chi connectivity index (χ0) is 42.9. The lowest BCUT2D eigenvalue weighted by Gasteiger charge is -2.39. The molecule has 0 amide bonds. The normalized spacial score (nSPS) is 20.5. The second kappa shape index (κ2) is 41.5. The van der Waals surface area contributed by atoms with Crippen molar-refractivity contribution in [2.45, 2.75) is 237 Å². The molecule has 1 fully saturated rings. The molecular weight excluding hydrogens is 745 g/mol. The molecule has 9 heteroatoms. The van der Waals surface area contributed by atoms with E-state index in [0.29, 0.717) is 13.0 Å². The van der Waals surface area contributed by atoms with E-state index >= 15 is 0 Å². The molecule has 0 spiro atoms. The fraction of sp³-hybridized carbons (Fsp3) is 0.820. The predicted molar refractivity (Wildman–Crippen MR) is 242 cm³/mol. The molecule has 0 saturated carbocycles. The molecule has 0 aromatic rings. The highest BCUT2D eigenvalue weighted by atomic mass is 16.7. The number of esters is 1. The quantitative estimate of drug-likeness (QED) is 0.0270. The number of aliphatic hydroxyl groups is 4. The molecule has 1 rings (SSSR count). The first-order valence-corrected chi connectivity index (χ1v) is 24.2. The van der Waals surface area contributed by atoms with Crippen LogP contribution < -0.4 is 0 Å². The van der Waals surface area contributed by atoms with E-state index < -0.39 is 43.4 Å². The van der Waals surface area contributed by atoms with Crippen LogP contribution in [-0.2, 0) is 23.7 Å². The number of aliphatic hydroxyl groups excluding tert-OH is 4. The number of carbonyl (C=O) groups is 1. The van der Waals surface area contributed by atoms with Gasteiger partial charge in [-0.15, -0.1) is 0 Å². The van der Waals surface area contributed by atoms with Crippen molar-refractivity contribution in [3.05, 3.63) is 48.6 Å². The van der Waals surface area contributed by atoms with Crippen LogP contribution in [0.1, 0.15) is 200 Å². The topological polar surface area (TPSA) is 135 Å². The van der Waals surface area contributed by atoms with Crippen LogP contribution in [0.25, 0.3) is 0 Å². The van der Waals surface area contributed by atoms with Gasteiger partial charge in [0, 0.05) is 13.0 Å². The van der Waals surface area contributed by atoms with Crippen molar-refractivity contribution in [1.82, 2.24) is 0 Å². The number of hydrogen-bond donors (Lipinski definition) is 4. The highest BCUT2D eigenvalue weighted by Crippen LogP contribution is 2.23. The van der Waals surface area contributed by atoms with E-state index in [1.54, 1.807) is 0 Å². The third-order valence-corrected chi connectivity index (χ3v) is 11.0. The van der Waals surface area contributed by atoms with Crippen LogP contribution in [0.2, 0.25) is 0 Å². The Morgan fingerprint density at radius 1 is 0.559 bits per heavy atom. The fourth-order valence-electron chi connectivity index (χ4n) is 7.25. The molecule has 9 nitrogen and oxygen atoms in total. The van der Waals surface area contributed by atoms with Crippen LogP contribution >= 0.6 is 0 Å². The first-order chi connectivity index (χ1) is 28.9. The lowest BCUT2D eigenvalue weighted by Crippen LogP contribution is -2.59. The zero-order valence-corrected chi connectivity index (χ0v) is 37.7. The van der Waals surface area contributed by atoms with Crippen LogP contribution in [-0.4, -0.2) is 89.6 Å². The Hall–Kier alpha value is -1.85. The number of hydrogen-bond acceptors (Lipinski definition) is 9. The van der Waals surface area contributed by atoms with E-state index in [9.17, 15) is 25.2 Å². The van der Waals surface area contributed by atoms with Gasteiger partial charge in [-0.2, -0.15) is 0 Å². The number of allylic oxidation sites excluding steroid dienone is 8. The van der Waals surface area contributed by atoms with E-state index in [2.05, 4.69) is 62.5 Å². The van der Waals surface area contributed by atoms with Crippen molar-refractivity contribution in [2.75, 3.05) is 26.4 Å². The molecule has 1 aliphatic heterocycles. The monoisotopic (exact) mass is 835 g/mol. The van der Waals surface area contributed by atoms with Crippen molar-refractivity contribution in [3.63, 3.8) is 0 Å². The van der Waals surface area contributed by atoms with Gasteiger partial charge in [-0.05, 0) is 51.4 Å². The van der Waals surface area contributed by atoms with Crippen LogP contribution in [0.5, 0.6) is 0 Å². The van der Waals surface area contributed by atoms with Gasteiger partial charge in [0.25, 0.3) is 0 Å². The second-order valence-electron chi connectivity index (χ2n) is 16.5. The van der Waals surface area contributed by atoms with Gasteiger partial charge in [0.1, 0.15) is 30.5 Å². The Morgan fingerprint density at radius 3 is 1.56 bits per heavy atom. The Bertz CT molecular complexity index is 1040. The van der Waals surface area contributed by atoms with E-state index in [1.807, 2.05) is 0 Å². The van der Waals surface area contributed by atoms with Crippen molar-refractivity contribution in [2.24, 2.45) is 0 Å². The van der Waals surface area contributed by atoms with Crippen molar-refractivity contribution in [1.29, 1.82) is 0 Å². The Labute approximate surface area is 361 Å². The number of unbranched alkanes of at least 4 members (excludes halogenated alkanes) is 22. The highest BCUT2D eigenvalue weighted by Gasteiger charge is 2.44. The van der Waals surface area contributed by atoms with Gasteiger partial charge in [0.15, 0.2) is 6.29 Å². The lowest BCUT2D eigenvalue weighted by atomic mass is 9.99. The summed E-state index contributed by atoms with van der Waals surface area (Å²) in [6, 6.07) is 0. The van der Waals surface area contributed by atoms with Gasteiger partial charge in [-0.3, -0.25) is 4.79 Å². The first kappa shape index (κ1) is 55.2. The summed E-state index contributed by atoms with van der Waals surface area (Å²) in [6.45, 7) is 4.44. The van der Waals surface area contributed by atoms with Gasteiger partial charge in [-0.1, -0.05) is 191 Å². The third kappa shape index (κ3) is 32.5. The minimum atomic E-state index is -1.54. The molecule has 0 aromatic carbocycles. The van der Waals surface area contributed by atoms with Crippen LogP contribution in [0.4, 0.5) is 0 Å². The summed E-state index contributed by atoms with van der Waals surface area (Å²) < 4.78 is 22.8. The second-order valence-corrected chi connectivity index (χ2v) is 16.5. The highest BCUT2D eigenvalue weighted by molar-refractivity contribution is 5.69. The van der Waals surface area contributed by atoms with Crippen LogP contribution in [0.3, 0.4) is 0 Å². The molecule has 1 aliphatic rings. The predicted octanol–water partition coefficient (Wildman–Crippen LogP) is 11.3. The van der Waals surface area contributed by atoms with Crippen molar-refractivity contribution < 1.29 is 44.2 Å². The summed E-state index contributed by atoms with van der Waals surface area (Å²) in [5.41, 5.74) is 0. The SMILES string of the molecule is CC/C=C\C/C=C\C/C=C\C/C=C\CCCCCCC(=O)OC(COCCCCCCCCCCCCCCCCCCCCC)COC1OC(CO)C(O)C(O)C1O.